The van der Waals surface area contributed by atoms with Crippen molar-refractivity contribution in [2.24, 2.45) is 0 Å². The van der Waals surface area contributed by atoms with Gasteiger partial charge in [-0.2, -0.15) is 4.72 Å². The van der Waals surface area contributed by atoms with Gasteiger partial charge in [-0.15, -0.1) is 0 Å². The Morgan fingerprint density at radius 1 is 1.14 bits per heavy atom. The lowest BCUT2D eigenvalue weighted by Crippen LogP contribution is -2.28. The van der Waals surface area contributed by atoms with Crippen LogP contribution >= 0.6 is 7.60 Å². The maximum atomic E-state index is 12.9. The summed E-state index contributed by atoms with van der Waals surface area (Å²) in [6.45, 7) is 3.60. The molecule has 1 atom stereocenters. The van der Waals surface area contributed by atoms with Gasteiger partial charge in [-0.3, -0.25) is 4.57 Å². The average molecular weight is 351 g/mol. The number of hydrogen-bond acceptors (Lipinski definition) is 6. The monoisotopic (exact) mass is 351 g/mol. The summed E-state index contributed by atoms with van der Waals surface area (Å²) < 4.78 is 54.1. The molecule has 1 aromatic carbocycles. The molecule has 0 saturated heterocycles. The number of benzene rings is 1. The number of methoxy groups -OCH3 is 1. The van der Waals surface area contributed by atoms with E-state index in [1.54, 1.807) is 38.1 Å². The molecule has 1 unspecified atom stereocenters. The lowest BCUT2D eigenvalue weighted by molar-refractivity contribution is 0.210. The Kier molecular flexibility index (Phi) is 7.02. The molecule has 0 spiro atoms. The quantitative estimate of drug-likeness (QED) is 0.688. The fraction of sp³-hybridized carbons (Fsp3) is 0.538. The number of nitrogens with one attached hydrogen (secondary N) is 1. The van der Waals surface area contributed by atoms with Crippen molar-refractivity contribution in [3.05, 3.63) is 29.8 Å². The first-order chi connectivity index (χ1) is 10.3. The van der Waals surface area contributed by atoms with Gasteiger partial charge < -0.3 is 13.8 Å². The molecule has 1 N–H and O–H groups in total. The molecule has 0 amide bonds. The predicted octanol–water partition coefficient (Wildman–Crippen LogP) is 2.51. The molecule has 9 heteroatoms. The zero-order chi connectivity index (χ0) is 16.8. The van der Waals surface area contributed by atoms with Gasteiger partial charge in [0.25, 0.3) is 0 Å². The highest BCUT2D eigenvalue weighted by Crippen LogP contribution is 2.59. The zero-order valence-corrected chi connectivity index (χ0v) is 14.8. The van der Waals surface area contributed by atoms with Crippen LogP contribution in [0.1, 0.15) is 25.2 Å². The predicted molar refractivity (Wildman–Crippen MR) is 84.6 cm³/mol. The summed E-state index contributed by atoms with van der Waals surface area (Å²) in [5.74, 6) is -0.516. The molecule has 1 aromatic rings. The molecule has 0 aliphatic rings. The summed E-state index contributed by atoms with van der Waals surface area (Å²) in [7, 11) is -5.80. The average Bonchev–Trinajstić information content (AvgIpc) is 2.44. The number of sulfonamides is 1. The van der Waals surface area contributed by atoms with E-state index in [2.05, 4.69) is 4.72 Å². The van der Waals surface area contributed by atoms with Crippen molar-refractivity contribution in [2.75, 3.05) is 26.6 Å². The minimum atomic E-state index is -3.70. The first-order valence-corrected chi connectivity index (χ1v) is 10.3. The van der Waals surface area contributed by atoms with Crippen LogP contribution < -0.4 is 9.46 Å². The molecule has 0 aliphatic heterocycles. The third-order valence-corrected chi connectivity index (χ3v) is 5.83. The smallest absolute Gasteiger partial charge is 0.352 e. The van der Waals surface area contributed by atoms with Crippen molar-refractivity contribution in [1.82, 2.24) is 4.72 Å². The van der Waals surface area contributed by atoms with Crippen LogP contribution in [0.4, 0.5) is 0 Å². The van der Waals surface area contributed by atoms with Gasteiger partial charge in [0.15, 0.2) is 0 Å². The minimum Gasteiger partial charge on any atom is -0.497 e. The summed E-state index contributed by atoms with van der Waals surface area (Å²) in [5, 5.41) is 0. The van der Waals surface area contributed by atoms with E-state index in [4.69, 9.17) is 13.8 Å². The second-order valence-electron chi connectivity index (χ2n) is 4.44. The minimum absolute atomic E-state index is 0.134. The number of rotatable bonds is 9. The van der Waals surface area contributed by atoms with E-state index < -0.39 is 23.4 Å². The lowest BCUT2D eigenvalue weighted by Gasteiger charge is -2.26. The molecule has 22 heavy (non-hydrogen) atoms. The summed E-state index contributed by atoms with van der Waals surface area (Å²) in [6.07, 6.45) is 0.992. The first-order valence-electron chi connectivity index (χ1n) is 6.75. The van der Waals surface area contributed by atoms with E-state index in [0.29, 0.717) is 11.3 Å². The maximum absolute atomic E-state index is 12.9. The molecule has 0 saturated carbocycles. The Bertz CT molecular complexity index is 606. The Balaban J connectivity index is 3.28. The highest BCUT2D eigenvalue weighted by molar-refractivity contribution is 7.89. The summed E-state index contributed by atoms with van der Waals surface area (Å²) in [5.41, 5.74) is 0.469. The SMILES string of the molecule is CCOP(=O)(OCC)C(NS(C)(=O)=O)c1ccc(OC)cc1. The third-order valence-electron chi connectivity index (χ3n) is 2.69. The van der Waals surface area contributed by atoms with Crippen LogP contribution in [0.3, 0.4) is 0 Å². The maximum Gasteiger partial charge on any atom is 0.352 e. The van der Waals surface area contributed by atoms with E-state index in [1.165, 1.54) is 7.11 Å². The van der Waals surface area contributed by atoms with E-state index in [1.807, 2.05) is 0 Å². The largest absolute Gasteiger partial charge is 0.497 e. The normalized spacial score (nSPS) is 13.8. The van der Waals surface area contributed by atoms with Crippen molar-refractivity contribution in [3.8, 4) is 5.75 Å². The molecule has 0 aromatic heterocycles. The van der Waals surface area contributed by atoms with Gasteiger partial charge in [0, 0.05) is 0 Å². The number of hydrogen-bond donors (Lipinski definition) is 1. The summed E-state index contributed by atoms with van der Waals surface area (Å²) in [6, 6.07) is 6.53. The van der Waals surface area contributed by atoms with Crippen molar-refractivity contribution < 1.29 is 26.8 Å². The topological polar surface area (TPSA) is 90.9 Å². The second-order valence-corrected chi connectivity index (χ2v) is 8.33. The van der Waals surface area contributed by atoms with E-state index in [0.717, 1.165) is 6.26 Å². The third kappa shape index (κ3) is 5.37. The fourth-order valence-electron chi connectivity index (χ4n) is 1.85. The van der Waals surface area contributed by atoms with Crippen molar-refractivity contribution in [1.29, 1.82) is 0 Å². The van der Waals surface area contributed by atoms with Gasteiger partial charge in [-0.05, 0) is 31.5 Å². The van der Waals surface area contributed by atoms with Gasteiger partial charge in [0.05, 0.1) is 26.6 Å². The van der Waals surface area contributed by atoms with Crippen molar-refractivity contribution >= 4 is 17.6 Å². The Morgan fingerprint density at radius 3 is 2.00 bits per heavy atom. The van der Waals surface area contributed by atoms with E-state index in [9.17, 15) is 13.0 Å². The Labute approximate surface area is 131 Å². The van der Waals surface area contributed by atoms with Gasteiger partial charge in [0.1, 0.15) is 11.5 Å². The van der Waals surface area contributed by atoms with Crippen LogP contribution in [0.5, 0.6) is 5.75 Å². The molecule has 0 heterocycles. The molecular weight excluding hydrogens is 329 g/mol. The van der Waals surface area contributed by atoms with E-state index in [-0.39, 0.29) is 13.2 Å². The van der Waals surface area contributed by atoms with Gasteiger partial charge >= 0.3 is 7.60 Å². The summed E-state index contributed by atoms with van der Waals surface area (Å²) in [4.78, 5) is 0. The second kappa shape index (κ2) is 8.08. The fourth-order valence-corrected chi connectivity index (χ4v) is 5.11. The highest BCUT2D eigenvalue weighted by Gasteiger charge is 2.38. The Morgan fingerprint density at radius 2 is 1.64 bits per heavy atom. The van der Waals surface area contributed by atoms with E-state index >= 15 is 0 Å². The van der Waals surface area contributed by atoms with Crippen LogP contribution in [0.2, 0.25) is 0 Å². The molecular formula is C13H22NO6PS. The number of ether oxygens (including phenoxy) is 1. The molecule has 126 valence electrons. The molecule has 0 fully saturated rings. The first kappa shape index (κ1) is 19.1. The molecule has 1 rings (SSSR count). The molecule has 7 nitrogen and oxygen atoms in total. The highest BCUT2D eigenvalue weighted by atomic mass is 32.2. The molecule has 0 bridgehead atoms. The molecule has 0 aliphatic carbocycles. The van der Waals surface area contributed by atoms with Crippen LogP contribution in [0.15, 0.2) is 24.3 Å². The van der Waals surface area contributed by atoms with Gasteiger partial charge in [-0.25, -0.2) is 8.42 Å². The van der Waals surface area contributed by atoms with Gasteiger partial charge in [-0.1, -0.05) is 12.1 Å². The van der Waals surface area contributed by atoms with Crippen LogP contribution in [-0.2, 0) is 23.6 Å². The van der Waals surface area contributed by atoms with Crippen molar-refractivity contribution in [3.63, 3.8) is 0 Å². The molecule has 0 radical (unpaired) electrons. The van der Waals surface area contributed by atoms with Crippen molar-refractivity contribution in [2.45, 2.75) is 19.6 Å². The van der Waals surface area contributed by atoms with Crippen LogP contribution in [0, 0.1) is 0 Å². The lowest BCUT2D eigenvalue weighted by atomic mass is 10.2. The van der Waals surface area contributed by atoms with Gasteiger partial charge in [0.2, 0.25) is 10.0 Å². The standard InChI is InChI=1S/C13H22NO6PS/c1-5-19-21(15,20-6-2)13(14-22(4,16)17)11-7-9-12(18-3)10-8-11/h7-10,13-14H,5-6H2,1-4H3. The van der Waals surface area contributed by atoms with Crippen LogP contribution in [0.25, 0.3) is 0 Å². The zero-order valence-electron chi connectivity index (χ0n) is 13.1. The summed E-state index contributed by atoms with van der Waals surface area (Å²) >= 11 is 0. The Hall–Kier alpha value is -0.920. The van der Waals surface area contributed by atoms with Crippen LogP contribution in [-0.4, -0.2) is 35.0 Å².